The Morgan fingerprint density at radius 3 is 1.17 bits per heavy atom. The molecular weight excluding hydrogens is 288 g/mol. The molecule has 0 unspecified atom stereocenters. The molecule has 0 heterocycles. The summed E-state index contributed by atoms with van der Waals surface area (Å²) in [6.45, 7) is 25.4. The minimum atomic E-state index is 0.660. The summed E-state index contributed by atoms with van der Waals surface area (Å²) in [5.74, 6) is 1.49. The van der Waals surface area contributed by atoms with Crippen molar-refractivity contribution in [2.24, 2.45) is 11.8 Å². The number of allylic oxidation sites excluding steroid dienone is 3. The van der Waals surface area contributed by atoms with Gasteiger partial charge >= 0.3 is 0 Å². The smallest absolute Gasteiger partial charge is 0.0260 e. The molecule has 0 atom stereocenters. The molecule has 0 aliphatic carbocycles. The Hall–Kier alpha value is -0.520. The number of hydrogen-bond acceptors (Lipinski definition) is 0. The number of unbranched alkanes of at least 4 members (excludes halogenated alkanes) is 6. The largest absolute Gasteiger partial charge is 0.0991 e. The summed E-state index contributed by atoms with van der Waals surface area (Å²) in [6, 6.07) is 0. The minimum Gasteiger partial charge on any atom is -0.0991 e. The molecule has 0 nitrogen and oxygen atoms in total. The molecule has 0 spiro atoms. The van der Waals surface area contributed by atoms with E-state index < -0.39 is 0 Å². The molecule has 0 aromatic rings. The van der Waals surface area contributed by atoms with Crippen LogP contribution in [-0.2, 0) is 0 Å². The fourth-order valence-corrected chi connectivity index (χ4v) is 1.23. The van der Waals surface area contributed by atoms with Gasteiger partial charge in [-0.25, -0.2) is 0 Å². The lowest BCUT2D eigenvalue weighted by Crippen LogP contribution is -1.86. The van der Waals surface area contributed by atoms with Crippen LogP contribution in [0.25, 0.3) is 0 Å². The second-order valence-electron chi connectivity index (χ2n) is 7.45. The van der Waals surface area contributed by atoms with Crippen LogP contribution in [-0.4, -0.2) is 0 Å². The Morgan fingerprint density at radius 2 is 1.04 bits per heavy atom. The summed E-state index contributed by atoms with van der Waals surface area (Å²) in [5.41, 5.74) is 1.39. The molecule has 0 saturated heterocycles. The van der Waals surface area contributed by atoms with Crippen molar-refractivity contribution in [2.75, 3.05) is 0 Å². The Kier molecular flexibility index (Phi) is 39.6. The van der Waals surface area contributed by atoms with Crippen LogP contribution in [0.4, 0.5) is 0 Å². The molecular formula is C24H52. The highest BCUT2D eigenvalue weighted by Crippen LogP contribution is 2.06. The van der Waals surface area contributed by atoms with Gasteiger partial charge in [-0.2, -0.15) is 0 Å². The second-order valence-corrected chi connectivity index (χ2v) is 7.45. The average Bonchev–Trinajstić information content (AvgIpc) is 2.52. The molecule has 24 heavy (non-hydrogen) atoms. The Morgan fingerprint density at radius 1 is 0.708 bits per heavy atom. The predicted molar refractivity (Wildman–Crippen MR) is 119 cm³/mol. The third-order valence-corrected chi connectivity index (χ3v) is 3.25. The van der Waals surface area contributed by atoms with Crippen LogP contribution < -0.4 is 0 Å². The van der Waals surface area contributed by atoms with Crippen LogP contribution >= 0.6 is 0 Å². The summed E-state index contributed by atoms with van der Waals surface area (Å²) in [7, 11) is 0. The van der Waals surface area contributed by atoms with Gasteiger partial charge in [0.1, 0.15) is 0 Å². The monoisotopic (exact) mass is 340 g/mol. The van der Waals surface area contributed by atoms with E-state index in [2.05, 4.69) is 75.8 Å². The van der Waals surface area contributed by atoms with E-state index in [1.54, 1.807) is 0 Å². The molecule has 0 aliphatic heterocycles. The van der Waals surface area contributed by atoms with Gasteiger partial charge in [-0.1, -0.05) is 138 Å². The van der Waals surface area contributed by atoms with Gasteiger partial charge in [0.15, 0.2) is 0 Å². The summed E-state index contributed by atoms with van der Waals surface area (Å²) in [6.07, 6.45) is 15.0. The van der Waals surface area contributed by atoms with E-state index >= 15 is 0 Å². The third kappa shape index (κ3) is 57.8. The summed E-state index contributed by atoms with van der Waals surface area (Å²) < 4.78 is 0. The molecule has 0 fully saturated rings. The van der Waals surface area contributed by atoms with Gasteiger partial charge in [0, 0.05) is 0 Å². The molecule has 0 radical (unpaired) electrons. The SMILES string of the molecule is C=C/C=C(\C)C(C)C.CC(C)C.CCCC.CCCCCCCC. The standard InChI is InChI=1S/C8H14.C8H18.2C4H10/c1-5-6-8(4)7(2)3;1-3-5-7-8-6-4-2;1-4(2)3;1-3-4-2/h5-7H,1H2,2-4H3;3-8H2,1-2H3;4H,1-3H3;3-4H2,1-2H3/b8-6+;;;. The molecule has 0 heteroatoms. The van der Waals surface area contributed by atoms with E-state index in [-0.39, 0.29) is 0 Å². The summed E-state index contributed by atoms with van der Waals surface area (Å²) in [4.78, 5) is 0. The highest BCUT2D eigenvalue weighted by atomic mass is 14.0. The van der Waals surface area contributed by atoms with E-state index in [0.29, 0.717) is 5.92 Å². The van der Waals surface area contributed by atoms with Crippen molar-refractivity contribution in [3.05, 3.63) is 24.3 Å². The zero-order valence-electron chi connectivity index (χ0n) is 19.2. The molecule has 0 saturated carbocycles. The van der Waals surface area contributed by atoms with Crippen LogP contribution in [0.3, 0.4) is 0 Å². The quantitative estimate of drug-likeness (QED) is 0.304. The zero-order chi connectivity index (χ0) is 19.8. The molecule has 0 bridgehead atoms. The first-order valence-corrected chi connectivity index (χ1v) is 10.5. The maximum atomic E-state index is 3.61. The van der Waals surface area contributed by atoms with E-state index in [9.17, 15) is 0 Å². The van der Waals surface area contributed by atoms with Crippen molar-refractivity contribution >= 4 is 0 Å². The lowest BCUT2D eigenvalue weighted by Gasteiger charge is -2.00. The fraction of sp³-hybridized carbons (Fsp3) is 0.833. The lowest BCUT2D eigenvalue weighted by atomic mass is 10.1. The van der Waals surface area contributed by atoms with Gasteiger partial charge < -0.3 is 0 Å². The van der Waals surface area contributed by atoms with E-state index in [1.807, 2.05) is 12.2 Å². The highest BCUT2D eigenvalue weighted by Gasteiger charge is 1.91. The van der Waals surface area contributed by atoms with Gasteiger partial charge in [-0.05, 0) is 18.8 Å². The normalized spacial score (nSPS) is 10.1. The van der Waals surface area contributed by atoms with Gasteiger partial charge in [-0.3, -0.25) is 0 Å². The first-order chi connectivity index (χ1) is 11.2. The van der Waals surface area contributed by atoms with Gasteiger partial charge in [0.05, 0.1) is 0 Å². The van der Waals surface area contributed by atoms with Crippen LogP contribution in [0.2, 0.25) is 0 Å². The first kappa shape index (κ1) is 31.3. The van der Waals surface area contributed by atoms with Crippen LogP contribution in [0.1, 0.15) is 121 Å². The molecule has 148 valence electrons. The topological polar surface area (TPSA) is 0 Å². The van der Waals surface area contributed by atoms with Crippen LogP contribution in [0.5, 0.6) is 0 Å². The Labute approximate surface area is 157 Å². The predicted octanol–water partition coefficient (Wildman–Crippen LogP) is 9.61. The first-order valence-electron chi connectivity index (χ1n) is 10.5. The van der Waals surface area contributed by atoms with Crippen LogP contribution in [0.15, 0.2) is 24.3 Å². The Bertz CT molecular complexity index is 209. The molecule has 0 N–H and O–H groups in total. The minimum absolute atomic E-state index is 0.660. The summed E-state index contributed by atoms with van der Waals surface area (Å²) in [5, 5.41) is 0. The second kappa shape index (κ2) is 30.4. The van der Waals surface area contributed by atoms with Crippen molar-refractivity contribution in [1.82, 2.24) is 0 Å². The van der Waals surface area contributed by atoms with Crippen molar-refractivity contribution in [2.45, 2.75) is 121 Å². The maximum absolute atomic E-state index is 3.61. The fourth-order valence-electron chi connectivity index (χ4n) is 1.23. The molecule has 0 amide bonds. The van der Waals surface area contributed by atoms with Gasteiger partial charge in [0.25, 0.3) is 0 Å². The van der Waals surface area contributed by atoms with Gasteiger partial charge in [0.2, 0.25) is 0 Å². The van der Waals surface area contributed by atoms with Crippen LogP contribution in [0, 0.1) is 11.8 Å². The number of rotatable bonds is 8. The highest BCUT2D eigenvalue weighted by molar-refractivity contribution is 5.09. The third-order valence-electron chi connectivity index (χ3n) is 3.25. The van der Waals surface area contributed by atoms with Crippen molar-refractivity contribution in [3.8, 4) is 0 Å². The lowest BCUT2D eigenvalue weighted by molar-refractivity contribution is 0.624. The van der Waals surface area contributed by atoms with E-state index in [0.717, 1.165) is 5.92 Å². The van der Waals surface area contributed by atoms with Crippen molar-refractivity contribution in [1.29, 1.82) is 0 Å². The van der Waals surface area contributed by atoms with E-state index in [4.69, 9.17) is 0 Å². The average molecular weight is 341 g/mol. The van der Waals surface area contributed by atoms with E-state index in [1.165, 1.54) is 56.9 Å². The zero-order valence-corrected chi connectivity index (χ0v) is 19.2. The molecule has 0 aliphatic rings. The number of hydrogen-bond donors (Lipinski definition) is 0. The van der Waals surface area contributed by atoms with Crippen molar-refractivity contribution in [3.63, 3.8) is 0 Å². The van der Waals surface area contributed by atoms with Crippen molar-refractivity contribution < 1.29 is 0 Å². The maximum Gasteiger partial charge on any atom is -0.0260 e. The summed E-state index contributed by atoms with van der Waals surface area (Å²) >= 11 is 0. The van der Waals surface area contributed by atoms with Gasteiger partial charge in [-0.15, -0.1) is 0 Å². The Balaban J connectivity index is -0.000000117. The molecule has 0 aromatic carbocycles. The molecule has 0 rings (SSSR count). The molecule has 0 aromatic heterocycles.